The zero-order chi connectivity index (χ0) is 20.7. The van der Waals surface area contributed by atoms with E-state index >= 15 is 0 Å². The summed E-state index contributed by atoms with van der Waals surface area (Å²) in [5.41, 5.74) is 1.69. The van der Waals surface area contributed by atoms with E-state index < -0.39 is 0 Å². The van der Waals surface area contributed by atoms with E-state index in [2.05, 4.69) is 27.7 Å². The molecule has 3 unspecified atom stereocenters. The second kappa shape index (κ2) is 6.15. The van der Waals surface area contributed by atoms with Crippen LogP contribution in [0, 0.1) is 34.0 Å². The zero-order valence-corrected chi connectivity index (χ0v) is 18.6. The number of hydrogen-bond acceptors (Lipinski definition) is 3. The van der Waals surface area contributed by atoms with Gasteiger partial charge in [0.1, 0.15) is 17.1 Å². The molecule has 0 bridgehead atoms. The molecule has 3 fully saturated rings. The molecule has 3 nitrogen and oxygen atoms in total. The molecule has 4 aliphatic rings. The Kier molecular flexibility index (Phi) is 4.19. The third kappa shape index (κ3) is 2.58. The summed E-state index contributed by atoms with van der Waals surface area (Å²) in [7, 11) is 0. The maximum atomic E-state index is 10.3. The van der Waals surface area contributed by atoms with E-state index in [1.165, 1.54) is 44.1 Å². The van der Waals surface area contributed by atoms with Crippen molar-refractivity contribution in [3.8, 4) is 11.5 Å². The summed E-state index contributed by atoms with van der Waals surface area (Å²) in [6.45, 7) is 10.1. The monoisotopic (exact) mass is 398 g/mol. The number of benzene rings is 1. The standard InChI is InChI=1S/C26H38O3/c1-23(16-27)10-5-11-24(2)20(23)8-12-25(3)21(24)9-13-26(4)22(25)15-17-14-18(28)6-7-19(17)29-26/h6-7,14,20-22,27-28H,5,8-13,15-16H2,1-4H3/t20?,21?,22?,23-,24+,25-,26+/m1/s1. The average Bonchev–Trinajstić information content (AvgIpc) is 2.66. The molecule has 1 aromatic carbocycles. The summed E-state index contributed by atoms with van der Waals surface area (Å²) in [4.78, 5) is 0. The van der Waals surface area contributed by atoms with Crippen molar-refractivity contribution in [1.82, 2.24) is 0 Å². The van der Waals surface area contributed by atoms with Gasteiger partial charge in [-0.3, -0.25) is 0 Å². The Bertz CT molecular complexity index is 820. The Morgan fingerprint density at radius 3 is 2.41 bits per heavy atom. The predicted molar refractivity (Wildman–Crippen MR) is 115 cm³/mol. The van der Waals surface area contributed by atoms with Gasteiger partial charge in [-0.25, -0.2) is 0 Å². The van der Waals surface area contributed by atoms with Crippen LogP contribution in [0.25, 0.3) is 0 Å². The highest BCUT2D eigenvalue weighted by atomic mass is 16.5. The van der Waals surface area contributed by atoms with Gasteiger partial charge in [-0.05, 0) is 104 Å². The zero-order valence-electron chi connectivity index (χ0n) is 18.6. The van der Waals surface area contributed by atoms with Crippen LogP contribution in [0.1, 0.15) is 78.2 Å². The summed E-state index contributed by atoms with van der Waals surface area (Å²) in [5.74, 6) is 3.09. The molecule has 3 heteroatoms. The van der Waals surface area contributed by atoms with Crippen LogP contribution in [0.15, 0.2) is 18.2 Å². The van der Waals surface area contributed by atoms with Crippen molar-refractivity contribution in [2.24, 2.45) is 34.0 Å². The Labute approximate surface area is 175 Å². The van der Waals surface area contributed by atoms with Gasteiger partial charge in [-0.15, -0.1) is 0 Å². The Hall–Kier alpha value is -1.22. The number of rotatable bonds is 1. The fourth-order valence-corrected chi connectivity index (χ4v) is 8.93. The number of hydrogen-bond donors (Lipinski definition) is 2. The van der Waals surface area contributed by atoms with Crippen LogP contribution in [0.5, 0.6) is 11.5 Å². The summed E-state index contributed by atoms with van der Waals surface area (Å²) >= 11 is 0. The minimum atomic E-state index is -0.118. The first-order valence-electron chi connectivity index (χ1n) is 11.8. The molecule has 0 amide bonds. The quantitative estimate of drug-likeness (QED) is 0.636. The molecule has 0 spiro atoms. The van der Waals surface area contributed by atoms with E-state index in [4.69, 9.17) is 4.74 Å². The summed E-state index contributed by atoms with van der Waals surface area (Å²) in [6, 6.07) is 5.62. The molecular formula is C26H38O3. The molecule has 0 saturated heterocycles. The number of aliphatic hydroxyl groups is 1. The highest BCUT2D eigenvalue weighted by Crippen LogP contribution is 2.70. The van der Waals surface area contributed by atoms with Crippen LogP contribution in [-0.2, 0) is 6.42 Å². The van der Waals surface area contributed by atoms with Gasteiger partial charge in [-0.2, -0.15) is 0 Å². The molecular weight excluding hydrogens is 360 g/mol. The third-order valence-electron chi connectivity index (χ3n) is 10.3. The smallest absolute Gasteiger partial charge is 0.123 e. The van der Waals surface area contributed by atoms with E-state index in [9.17, 15) is 10.2 Å². The number of ether oxygens (including phenoxy) is 1. The highest BCUT2D eigenvalue weighted by molar-refractivity contribution is 5.43. The molecule has 1 heterocycles. The second-order valence-corrected chi connectivity index (χ2v) is 11.8. The third-order valence-corrected chi connectivity index (χ3v) is 10.3. The van der Waals surface area contributed by atoms with Crippen LogP contribution in [-0.4, -0.2) is 22.4 Å². The minimum Gasteiger partial charge on any atom is -0.508 e. The molecule has 3 saturated carbocycles. The van der Waals surface area contributed by atoms with E-state index in [-0.39, 0.29) is 16.4 Å². The van der Waals surface area contributed by atoms with Gasteiger partial charge in [0.15, 0.2) is 0 Å². The number of phenolic OH excluding ortho intramolecular Hbond substituents is 1. The Morgan fingerprint density at radius 2 is 1.66 bits per heavy atom. The van der Waals surface area contributed by atoms with Crippen LogP contribution in [0.3, 0.4) is 0 Å². The number of aromatic hydroxyl groups is 1. The largest absolute Gasteiger partial charge is 0.508 e. The molecule has 5 rings (SSSR count). The van der Waals surface area contributed by atoms with Gasteiger partial charge >= 0.3 is 0 Å². The van der Waals surface area contributed by atoms with Gasteiger partial charge in [0.05, 0.1) is 0 Å². The second-order valence-electron chi connectivity index (χ2n) is 11.8. The van der Waals surface area contributed by atoms with Crippen LogP contribution in [0.4, 0.5) is 0 Å². The van der Waals surface area contributed by atoms with Gasteiger partial charge in [0, 0.05) is 12.5 Å². The van der Waals surface area contributed by atoms with Crippen molar-refractivity contribution >= 4 is 0 Å². The minimum absolute atomic E-state index is 0.0799. The van der Waals surface area contributed by atoms with Crippen LogP contribution < -0.4 is 4.74 Å². The lowest BCUT2D eigenvalue weighted by molar-refractivity contribution is -0.213. The van der Waals surface area contributed by atoms with Crippen molar-refractivity contribution in [1.29, 1.82) is 0 Å². The molecule has 160 valence electrons. The normalized spacial score (nSPS) is 48.5. The molecule has 0 radical (unpaired) electrons. The van der Waals surface area contributed by atoms with Crippen LogP contribution in [0.2, 0.25) is 0 Å². The fourth-order valence-electron chi connectivity index (χ4n) is 8.93. The topological polar surface area (TPSA) is 49.7 Å². The van der Waals surface area contributed by atoms with Crippen molar-refractivity contribution in [2.75, 3.05) is 6.61 Å². The maximum Gasteiger partial charge on any atom is 0.123 e. The first kappa shape index (κ1) is 19.7. The molecule has 2 N–H and O–H groups in total. The summed E-state index contributed by atoms with van der Waals surface area (Å²) < 4.78 is 6.67. The molecule has 7 atom stereocenters. The van der Waals surface area contributed by atoms with Crippen molar-refractivity contribution in [3.63, 3.8) is 0 Å². The highest BCUT2D eigenvalue weighted by Gasteiger charge is 2.65. The first-order valence-corrected chi connectivity index (χ1v) is 11.8. The lowest BCUT2D eigenvalue weighted by atomic mass is 9.37. The maximum absolute atomic E-state index is 10.3. The SMILES string of the molecule is C[C@]1(CO)CCC[C@@]2(C)C1CC[C@]1(C)C2CC[C@]2(C)Oc3ccc(O)cc3CC12. The molecule has 1 aromatic rings. The first-order chi connectivity index (χ1) is 13.6. The van der Waals surface area contributed by atoms with E-state index in [0.717, 1.165) is 18.6 Å². The van der Waals surface area contributed by atoms with Gasteiger partial charge < -0.3 is 14.9 Å². The number of phenols is 1. The number of fused-ring (bicyclic) bond motifs is 6. The number of aliphatic hydroxyl groups excluding tert-OH is 1. The van der Waals surface area contributed by atoms with E-state index in [0.29, 0.717) is 35.5 Å². The van der Waals surface area contributed by atoms with Gasteiger partial charge in [0.25, 0.3) is 0 Å². The van der Waals surface area contributed by atoms with E-state index in [1.54, 1.807) is 6.07 Å². The summed E-state index contributed by atoms with van der Waals surface area (Å²) in [5, 5.41) is 20.3. The molecule has 29 heavy (non-hydrogen) atoms. The lowest BCUT2D eigenvalue weighted by Crippen LogP contribution is -2.65. The Morgan fingerprint density at radius 1 is 0.931 bits per heavy atom. The van der Waals surface area contributed by atoms with Crippen molar-refractivity contribution < 1.29 is 14.9 Å². The Balaban J connectivity index is 1.55. The molecule has 1 aliphatic heterocycles. The van der Waals surface area contributed by atoms with E-state index in [1.807, 2.05) is 12.1 Å². The lowest BCUT2D eigenvalue weighted by Gasteiger charge is -2.68. The van der Waals surface area contributed by atoms with Crippen LogP contribution >= 0.6 is 0 Å². The molecule has 0 aromatic heterocycles. The van der Waals surface area contributed by atoms with Crippen molar-refractivity contribution in [3.05, 3.63) is 23.8 Å². The van der Waals surface area contributed by atoms with Gasteiger partial charge in [0.2, 0.25) is 0 Å². The summed E-state index contributed by atoms with van der Waals surface area (Å²) in [6.07, 6.45) is 9.50. The predicted octanol–water partition coefficient (Wildman–Crippen LogP) is 5.72. The molecule has 3 aliphatic carbocycles. The van der Waals surface area contributed by atoms with Crippen molar-refractivity contribution in [2.45, 2.75) is 84.7 Å². The average molecular weight is 399 g/mol. The fraction of sp³-hybridized carbons (Fsp3) is 0.769. The van der Waals surface area contributed by atoms with Gasteiger partial charge in [-0.1, -0.05) is 27.2 Å².